The van der Waals surface area contributed by atoms with Crippen LogP contribution in [0.4, 0.5) is 13.2 Å². The maximum absolute atomic E-state index is 12.5. The Morgan fingerprint density at radius 1 is 0.857 bits per heavy atom. The molecule has 1 fully saturated rings. The first kappa shape index (κ1) is 14.6. The van der Waals surface area contributed by atoms with E-state index in [0.29, 0.717) is 5.39 Å². The van der Waals surface area contributed by atoms with E-state index in [-0.39, 0.29) is 16.6 Å². The molecule has 112 valence electrons. The van der Waals surface area contributed by atoms with Crippen molar-refractivity contribution in [2.45, 2.75) is 30.5 Å². The second-order valence-corrected chi connectivity index (χ2v) is 7.36. The molecule has 0 unspecified atom stereocenters. The Bertz CT molecular complexity index is 633. The van der Waals surface area contributed by atoms with E-state index in [0.717, 1.165) is 16.9 Å². The second kappa shape index (κ2) is 5.79. The number of fused-ring (bicyclic) bond motifs is 1. The molecule has 1 heterocycles. The average Bonchev–Trinajstić information content (AvgIpc) is 2.47. The van der Waals surface area contributed by atoms with E-state index >= 15 is 0 Å². The van der Waals surface area contributed by atoms with Crippen LogP contribution >= 0.6 is 0 Å². The lowest BCUT2D eigenvalue weighted by Crippen LogP contribution is -2.19. The molecule has 21 heavy (non-hydrogen) atoms. The Kier molecular flexibility index (Phi) is 4.02. The van der Waals surface area contributed by atoms with Crippen molar-refractivity contribution in [3.63, 3.8) is 0 Å². The minimum Gasteiger partial charge on any atom is -0.405 e. The lowest BCUT2D eigenvalue weighted by molar-refractivity contribution is -0.274. The van der Waals surface area contributed by atoms with Gasteiger partial charge in [-0.05, 0) is 37.5 Å². The van der Waals surface area contributed by atoms with Crippen molar-refractivity contribution < 1.29 is 17.9 Å². The van der Waals surface area contributed by atoms with Gasteiger partial charge in [-0.15, -0.1) is 13.2 Å². The van der Waals surface area contributed by atoms with E-state index in [1.807, 2.05) is 18.2 Å². The molecule has 1 nitrogen and oxygen atoms in total. The Balaban J connectivity index is 2.05. The lowest BCUT2D eigenvalue weighted by atomic mass is 10.1. The van der Waals surface area contributed by atoms with Crippen LogP contribution < -0.4 is 4.74 Å². The van der Waals surface area contributed by atoms with Crippen LogP contribution in [-0.4, -0.2) is 17.9 Å². The first-order valence-corrected chi connectivity index (χ1v) is 8.56. The fourth-order valence-corrected chi connectivity index (χ4v) is 5.26. The molecule has 0 N–H and O–H groups in total. The van der Waals surface area contributed by atoms with E-state index in [1.165, 1.54) is 30.2 Å². The SMILES string of the molecule is FC(F)(F)Oc1ccc([S+]2CCCCC2)c2ccccc12. The van der Waals surface area contributed by atoms with Gasteiger partial charge in [-0.25, -0.2) is 0 Å². The van der Waals surface area contributed by atoms with Gasteiger partial charge in [0.1, 0.15) is 17.3 Å². The summed E-state index contributed by atoms with van der Waals surface area (Å²) in [6.45, 7) is 0. The summed E-state index contributed by atoms with van der Waals surface area (Å²) >= 11 is 0. The van der Waals surface area contributed by atoms with Crippen molar-refractivity contribution in [3.05, 3.63) is 36.4 Å². The predicted octanol–water partition coefficient (Wildman–Crippen LogP) is 4.90. The van der Waals surface area contributed by atoms with Gasteiger partial charge in [-0.1, -0.05) is 18.2 Å². The van der Waals surface area contributed by atoms with Gasteiger partial charge in [0.05, 0.1) is 0 Å². The zero-order valence-corrected chi connectivity index (χ0v) is 12.3. The number of halogens is 3. The minimum atomic E-state index is -4.66. The fourth-order valence-electron chi connectivity index (χ4n) is 2.76. The van der Waals surface area contributed by atoms with Gasteiger partial charge in [0.15, 0.2) is 4.90 Å². The molecule has 3 rings (SSSR count). The zero-order valence-electron chi connectivity index (χ0n) is 11.5. The third kappa shape index (κ3) is 3.28. The molecule has 0 aromatic heterocycles. The number of ether oxygens (including phenoxy) is 1. The van der Waals surface area contributed by atoms with Gasteiger partial charge >= 0.3 is 6.36 Å². The van der Waals surface area contributed by atoms with Crippen LogP contribution in [0.25, 0.3) is 10.8 Å². The fraction of sp³-hybridized carbons (Fsp3) is 0.375. The summed E-state index contributed by atoms with van der Waals surface area (Å²) in [7, 11) is 0.149. The predicted molar refractivity (Wildman–Crippen MR) is 79.8 cm³/mol. The Labute approximate surface area is 124 Å². The largest absolute Gasteiger partial charge is 0.573 e. The average molecular weight is 313 g/mol. The van der Waals surface area contributed by atoms with Crippen molar-refractivity contribution in [1.29, 1.82) is 0 Å². The van der Waals surface area contributed by atoms with Crippen LogP contribution in [0.2, 0.25) is 0 Å². The molecular formula is C16H16F3OS+. The summed E-state index contributed by atoms with van der Waals surface area (Å²) in [6, 6.07) is 10.5. The van der Waals surface area contributed by atoms with Crippen LogP contribution in [-0.2, 0) is 10.9 Å². The Morgan fingerprint density at radius 3 is 2.19 bits per heavy atom. The standard InChI is InChI=1S/C16H16F3OS/c17-16(18,19)20-14-8-9-15(21-10-4-1-5-11-21)13-7-3-2-6-12(13)14/h2-3,6-9H,1,4-5,10-11H2/q+1. The highest BCUT2D eigenvalue weighted by Crippen LogP contribution is 2.36. The number of hydrogen-bond donors (Lipinski definition) is 0. The van der Waals surface area contributed by atoms with Crippen LogP contribution in [0.15, 0.2) is 41.3 Å². The maximum Gasteiger partial charge on any atom is 0.573 e. The van der Waals surface area contributed by atoms with E-state index in [2.05, 4.69) is 4.74 Å². The molecule has 0 atom stereocenters. The lowest BCUT2D eigenvalue weighted by Gasteiger charge is -2.17. The smallest absolute Gasteiger partial charge is 0.405 e. The summed E-state index contributed by atoms with van der Waals surface area (Å²) in [5, 5.41) is 1.44. The van der Waals surface area contributed by atoms with Crippen molar-refractivity contribution in [2.75, 3.05) is 11.5 Å². The monoisotopic (exact) mass is 313 g/mol. The van der Waals surface area contributed by atoms with E-state index < -0.39 is 6.36 Å². The van der Waals surface area contributed by atoms with E-state index in [4.69, 9.17) is 0 Å². The van der Waals surface area contributed by atoms with Crippen LogP contribution in [0.3, 0.4) is 0 Å². The van der Waals surface area contributed by atoms with Gasteiger partial charge in [0.25, 0.3) is 0 Å². The number of hydrogen-bond acceptors (Lipinski definition) is 1. The Hall–Kier alpha value is -1.36. The first-order chi connectivity index (χ1) is 10.0. The third-order valence-corrected chi connectivity index (χ3v) is 6.20. The van der Waals surface area contributed by atoms with Crippen molar-refractivity contribution in [2.24, 2.45) is 0 Å². The molecule has 1 aliphatic heterocycles. The normalized spacial score (nSPS) is 17.1. The third-order valence-electron chi connectivity index (χ3n) is 3.66. The molecule has 1 saturated heterocycles. The molecule has 0 saturated carbocycles. The first-order valence-electron chi connectivity index (χ1n) is 6.99. The number of alkyl halides is 3. The van der Waals surface area contributed by atoms with Crippen molar-refractivity contribution in [3.8, 4) is 5.75 Å². The van der Waals surface area contributed by atoms with Gasteiger partial charge in [0.2, 0.25) is 0 Å². The molecule has 0 radical (unpaired) electrons. The summed E-state index contributed by atoms with van der Waals surface area (Å²) in [5.41, 5.74) is 0. The minimum absolute atomic E-state index is 0.109. The second-order valence-electron chi connectivity index (χ2n) is 5.12. The highest BCUT2D eigenvalue weighted by molar-refractivity contribution is 7.97. The summed E-state index contributed by atoms with van der Waals surface area (Å²) in [4.78, 5) is 1.18. The molecule has 0 spiro atoms. The molecule has 2 aromatic rings. The molecule has 2 aromatic carbocycles. The summed E-state index contributed by atoms with van der Waals surface area (Å²) in [6.07, 6.45) is -0.982. The highest BCUT2D eigenvalue weighted by Gasteiger charge is 2.33. The Morgan fingerprint density at radius 2 is 1.52 bits per heavy atom. The number of rotatable bonds is 2. The van der Waals surface area contributed by atoms with Gasteiger partial charge in [-0.2, -0.15) is 0 Å². The van der Waals surface area contributed by atoms with Crippen LogP contribution in [0.1, 0.15) is 19.3 Å². The van der Waals surface area contributed by atoms with E-state index in [9.17, 15) is 13.2 Å². The molecule has 0 amide bonds. The molecular weight excluding hydrogens is 297 g/mol. The van der Waals surface area contributed by atoms with Gasteiger partial charge in [-0.3, -0.25) is 0 Å². The molecule has 1 aliphatic rings. The molecule has 5 heteroatoms. The van der Waals surface area contributed by atoms with Crippen molar-refractivity contribution in [1.82, 2.24) is 0 Å². The maximum atomic E-state index is 12.5. The topological polar surface area (TPSA) is 9.23 Å². The van der Waals surface area contributed by atoms with Crippen LogP contribution in [0.5, 0.6) is 5.75 Å². The number of benzene rings is 2. The van der Waals surface area contributed by atoms with Gasteiger partial charge in [0, 0.05) is 21.7 Å². The zero-order chi connectivity index (χ0) is 14.9. The van der Waals surface area contributed by atoms with E-state index in [1.54, 1.807) is 12.1 Å². The molecule has 0 bridgehead atoms. The summed E-state index contributed by atoms with van der Waals surface area (Å²) in [5.74, 6) is 2.18. The highest BCUT2D eigenvalue weighted by atomic mass is 32.2. The molecule has 0 aliphatic carbocycles. The summed E-state index contributed by atoms with van der Waals surface area (Å²) < 4.78 is 41.7. The van der Waals surface area contributed by atoms with Crippen LogP contribution in [0, 0.1) is 0 Å². The van der Waals surface area contributed by atoms with Crippen molar-refractivity contribution >= 4 is 21.7 Å². The van der Waals surface area contributed by atoms with Gasteiger partial charge < -0.3 is 4.74 Å². The quantitative estimate of drug-likeness (QED) is 0.717.